The number of furan rings is 1. The molecule has 0 N–H and O–H groups in total. The Morgan fingerprint density at radius 1 is 1.21 bits per heavy atom. The highest BCUT2D eigenvalue weighted by molar-refractivity contribution is 7.13. The molecule has 0 aliphatic heterocycles. The third-order valence-corrected chi connectivity index (χ3v) is 3.93. The normalized spacial score (nSPS) is 10.4. The van der Waals surface area contributed by atoms with Gasteiger partial charge >= 0.3 is 12.0 Å². The van der Waals surface area contributed by atoms with Crippen molar-refractivity contribution in [1.29, 1.82) is 0 Å². The molecule has 0 saturated carbocycles. The SMILES string of the molecule is COc1cc(COC(=O)c2ccc(-c3cccs3)o2)nc(OC)n1. The lowest BCUT2D eigenvalue weighted by Crippen LogP contribution is -2.06. The molecule has 124 valence electrons. The van der Waals surface area contributed by atoms with Crippen LogP contribution in [-0.2, 0) is 11.3 Å². The van der Waals surface area contributed by atoms with E-state index in [0.717, 1.165) is 4.88 Å². The van der Waals surface area contributed by atoms with Gasteiger partial charge in [-0.1, -0.05) is 6.07 Å². The van der Waals surface area contributed by atoms with Gasteiger partial charge in [0.05, 0.1) is 24.8 Å². The Balaban J connectivity index is 1.67. The number of carbonyl (C=O) groups is 1. The van der Waals surface area contributed by atoms with Crippen molar-refractivity contribution in [2.75, 3.05) is 14.2 Å². The Morgan fingerprint density at radius 2 is 2.08 bits per heavy atom. The molecule has 8 heteroatoms. The van der Waals surface area contributed by atoms with Crippen molar-refractivity contribution in [2.24, 2.45) is 0 Å². The first-order valence-electron chi connectivity index (χ1n) is 6.96. The van der Waals surface area contributed by atoms with Crippen LogP contribution in [0.3, 0.4) is 0 Å². The minimum atomic E-state index is -0.575. The standard InChI is InChI=1S/C16H14N2O5S/c1-20-14-8-10(17-16(18-14)21-2)9-22-15(19)12-6-5-11(23-12)13-4-3-7-24-13/h3-8H,9H2,1-2H3. The van der Waals surface area contributed by atoms with Gasteiger partial charge in [-0.3, -0.25) is 0 Å². The summed E-state index contributed by atoms with van der Waals surface area (Å²) in [5, 5.41) is 1.94. The van der Waals surface area contributed by atoms with Gasteiger partial charge in [-0.15, -0.1) is 11.3 Å². The van der Waals surface area contributed by atoms with E-state index in [2.05, 4.69) is 9.97 Å². The molecule has 3 rings (SSSR count). The van der Waals surface area contributed by atoms with E-state index in [4.69, 9.17) is 18.6 Å². The van der Waals surface area contributed by atoms with Crippen molar-refractivity contribution in [3.8, 4) is 22.5 Å². The van der Waals surface area contributed by atoms with Crippen molar-refractivity contribution in [3.63, 3.8) is 0 Å². The number of hydrogen-bond donors (Lipinski definition) is 0. The Labute approximate surface area is 141 Å². The molecule has 0 bridgehead atoms. The molecule has 0 aromatic carbocycles. The van der Waals surface area contributed by atoms with E-state index in [-0.39, 0.29) is 18.4 Å². The van der Waals surface area contributed by atoms with Crippen molar-refractivity contribution < 1.29 is 23.4 Å². The summed E-state index contributed by atoms with van der Waals surface area (Å²) in [5.41, 5.74) is 0.456. The molecule has 0 radical (unpaired) electrons. The zero-order chi connectivity index (χ0) is 16.9. The molecule has 7 nitrogen and oxygen atoms in total. The number of nitrogens with zero attached hydrogens (tertiary/aromatic N) is 2. The smallest absolute Gasteiger partial charge is 0.374 e. The van der Waals surface area contributed by atoms with E-state index in [1.54, 1.807) is 18.2 Å². The van der Waals surface area contributed by atoms with E-state index in [1.807, 2.05) is 17.5 Å². The molecule has 0 amide bonds. The number of aromatic nitrogens is 2. The summed E-state index contributed by atoms with van der Waals surface area (Å²) in [5.74, 6) is 0.508. The van der Waals surface area contributed by atoms with E-state index < -0.39 is 5.97 Å². The largest absolute Gasteiger partial charge is 0.481 e. The molecule has 3 heterocycles. The summed E-state index contributed by atoms with van der Waals surface area (Å²) < 4.78 is 20.8. The van der Waals surface area contributed by atoms with Crippen LogP contribution in [0.4, 0.5) is 0 Å². The van der Waals surface area contributed by atoms with Crippen LogP contribution < -0.4 is 9.47 Å². The molecule has 3 aromatic rings. The first-order valence-corrected chi connectivity index (χ1v) is 7.84. The zero-order valence-electron chi connectivity index (χ0n) is 13.0. The molecule has 0 unspecified atom stereocenters. The highest BCUT2D eigenvalue weighted by atomic mass is 32.1. The second kappa shape index (κ2) is 7.14. The van der Waals surface area contributed by atoms with E-state index in [0.29, 0.717) is 17.3 Å². The van der Waals surface area contributed by atoms with Crippen LogP contribution in [0, 0.1) is 0 Å². The molecule has 0 saturated heterocycles. The number of methoxy groups -OCH3 is 2. The van der Waals surface area contributed by atoms with Gasteiger partial charge in [0, 0.05) is 6.07 Å². The van der Waals surface area contributed by atoms with Crippen molar-refractivity contribution in [2.45, 2.75) is 6.61 Å². The number of esters is 1. The van der Waals surface area contributed by atoms with E-state index >= 15 is 0 Å². The van der Waals surface area contributed by atoms with Gasteiger partial charge in [-0.05, 0) is 23.6 Å². The average Bonchev–Trinajstić information content (AvgIpc) is 3.30. The third kappa shape index (κ3) is 3.54. The van der Waals surface area contributed by atoms with Crippen molar-refractivity contribution in [1.82, 2.24) is 9.97 Å². The summed E-state index contributed by atoms with van der Waals surface area (Å²) in [7, 11) is 2.92. The van der Waals surface area contributed by atoms with Gasteiger partial charge < -0.3 is 18.6 Å². The summed E-state index contributed by atoms with van der Waals surface area (Å²) in [6, 6.07) is 8.85. The van der Waals surface area contributed by atoms with Crippen molar-refractivity contribution >= 4 is 17.3 Å². The number of carbonyl (C=O) groups excluding carboxylic acids is 1. The number of thiophene rings is 1. The number of rotatable bonds is 6. The summed E-state index contributed by atoms with van der Waals surface area (Å²) >= 11 is 1.53. The predicted octanol–water partition coefficient (Wildman–Crippen LogP) is 3.17. The van der Waals surface area contributed by atoms with Crippen LogP contribution in [0.15, 0.2) is 40.1 Å². The average molecular weight is 346 g/mol. The fraction of sp³-hybridized carbons (Fsp3) is 0.188. The van der Waals surface area contributed by atoms with E-state index in [9.17, 15) is 4.79 Å². The quantitative estimate of drug-likeness (QED) is 0.634. The van der Waals surface area contributed by atoms with Gasteiger partial charge in [-0.25, -0.2) is 4.79 Å². The lowest BCUT2D eigenvalue weighted by molar-refractivity contribution is 0.0430. The number of hydrogen-bond acceptors (Lipinski definition) is 8. The first-order chi connectivity index (χ1) is 11.7. The maximum Gasteiger partial charge on any atom is 0.374 e. The zero-order valence-corrected chi connectivity index (χ0v) is 13.8. The topological polar surface area (TPSA) is 83.7 Å². The van der Waals surface area contributed by atoms with Crippen LogP contribution in [0.2, 0.25) is 0 Å². The predicted molar refractivity (Wildman–Crippen MR) is 86.3 cm³/mol. The highest BCUT2D eigenvalue weighted by Crippen LogP contribution is 2.27. The molecule has 0 fully saturated rings. The summed E-state index contributed by atoms with van der Waals surface area (Å²) in [6.07, 6.45) is 0. The van der Waals surface area contributed by atoms with Gasteiger partial charge in [-0.2, -0.15) is 9.97 Å². The fourth-order valence-electron chi connectivity index (χ4n) is 1.93. The molecule has 0 atom stereocenters. The maximum atomic E-state index is 12.1. The second-order valence-electron chi connectivity index (χ2n) is 4.61. The monoisotopic (exact) mass is 346 g/mol. The Hall–Kier alpha value is -2.87. The third-order valence-electron chi connectivity index (χ3n) is 3.05. The van der Waals surface area contributed by atoms with Gasteiger partial charge in [0.25, 0.3) is 0 Å². The van der Waals surface area contributed by atoms with Crippen LogP contribution >= 0.6 is 11.3 Å². The molecule has 0 spiro atoms. The molecular formula is C16H14N2O5S. The van der Waals surface area contributed by atoms with Gasteiger partial charge in [0.1, 0.15) is 12.4 Å². The van der Waals surface area contributed by atoms with Crippen molar-refractivity contribution in [3.05, 3.63) is 47.2 Å². The minimum Gasteiger partial charge on any atom is -0.481 e. The van der Waals surface area contributed by atoms with E-state index in [1.165, 1.54) is 25.6 Å². The fourth-order valence-corrected chi connectivity index (χ4v) is 2.62. The van der Waals surface area contributed by atoms with Crippen LogP contribution in [0.25, 0.3) is 10.6 Å². The lowest BCUT2D eigenvalue weighted by atomic mass is 10.3. The summed E-state index contributed by atoms with van der Waals surface area (Å²) in [6.45, 7) is -0.0525. The summed E-state index contributed by atoms with van der Waals surface area (Å²) in [4.78, 5) is 21.1. The second-order valence-corrected chi connectivity index (χ2v) is 5.55. The Bertz CT molecular complexity index is 807. The Kier molecular flexibility index (Phi) is 4.76. The minimum absolute atomic E-state index is 0.0525. The van der Waals surface area contributed by atoms with Crippen LogP contribution in [0.5, 0.6) is 11.9 Å². The number of ether oxygens (including phenoxy) is 3. The van der Waals surface area contributed by atoms with Crippen LogP contribution in [-0.4, -0.2) is 30.2 Å². The highest BCUT2D eigenvalue weighted by Gasteiger charge is 2.15. The van der Waals surface area contributed by atoms with Crippen LogP contribution in [0.1, 0.15) is 16.2 Å². The first kappa shape index (κ1) is 16.0. The molecule has 24 heavy (non-hydrogen) atoms. The molecule has 0 aliphatic carbocycles. The molecular weight excluding hydrogens is 332 g/mol. The molecule has 3 aromatic heterocycles. The Morgan fingerprint density at radius 3 is 2.79 bits per heavy atom. The lowest BCUT2D eigenvalue weighted by Gasteiger charge is -2.06. The molecule has 0 aliphatic rings. The van der Waals surface area contributed by atoms with Gasteiger partial charge in [0.15, 0.2) is 0 Å². The maximum absolute atomic E-state index is 12.1. The van der Waals surface area contributed by atoms with Gasteiger partial charge in [0.2, 0.25) is 11.6 Å².